The molecule has 0 bridgehead atoms. The molecule has 0 radical (unpaired) electrons. The zero-order valence-corrected chi connectivity index (χ0v) is 25.1. The van der Waals surface area contributed by atoms with Gasteiger partial charge in [0.15, 0.2) is 5.13 Å². The minimum absolute atomic E-state index is 0.0377. The Hall–Kier alpha value is -4.17. The Balaban J connectivity index is 1.45. The van der Waals surface area contributed by atoms with Gasteiger partial charge in [-0.15, -0.1) is 0 Å². The van der Waals surface area contributed by atoms with Crippen molar-refractivity contribution in [2.45, 2.75) is 65.5 Å². The molecule has 2 aliphatic heterocycles. The first kappa shape index (κ1) is 28.0. The molecule has 4 aromatic rings. The summed E-state index contributed by atoms with van der Waals surface area (Å²) in [6, 6.07) is 16.0. The smallest absolute Gasteiger partial charge is 0.301 e. The predicted molar refractivity (Wildman–Crippen MR) is 166 cm³/mol. The minimum Gasteiger partial charge on any atom is -0.507 e. The van der Waals surface area contributed by atoms with Crippen LogP contribution in [0, 0.1) is 13.8 Å². The van der Waals surface area contributed by atoms with Crippen molar-refractivity contribution in [2.24, 2.45) is 0 Å². The Labute approximate surface area is 249 Å². The number of hydrogen-bond acceptors (Lipinski definition) is 7. The lowest BCUT2D eigenvalue weighted by atomic mass is 9.94. The number of nitrogens with zero attached hydrogens (tertiary/aromatic N) is 2. The first-order chi connectivity index (χ1) is 20.2. The highest BCUT2D eigenvalue weighted by molar-refractivity contribution is 7.22. The molecule has 8 heteroatoms. The van der Waals surface area contributed by atoms with Crippen molar-refractivity contribution in [3.8, 4) is 11.5 Å². The fraction of sp³-hybridized carbons (Fsp3) is 0.324. The number of anilines is 1. The van der Waals surface area contributed by atoms with Crippen molar-refractivity contribution in [1.29, 1.82) is 0 Å². The maximum atomic E-state index is 13.7. The van der Waals surface area contributed by atoms with Crippen molar-refractivity contribution < 1.29 is 24.2 Å². The van der Waals surface area contributed by atoms with Crippen LogP contribution in [0.3, 0.4) is 0 Å². The number of aliphatic hydroxyl groups excluding tert-OH is 1. The molecule has 1 saturated heterocycles. The highest BCUT2D eigenvalue weighted by Gasteiger charge is 2.48. The van der Waals surface area contributed by atoms with Gasteiger partial charge in [0.25, 0.3) is 5.78 Å². The maximum Gasteiger partial charge on any atom is 0.301 e. The van der Waals surface area contributed by atoms with Crippen LogP contribution in [-0.2, 0) is 16.0 Å². The van der Waals surface area contributed by atoms with Crippen molar-refractivity contribution in [1.82, 2.24) is 4.98 Å². The second-order valence-corrected chi connectivity index (χ2v) is 12.2. The first-order valence-corrected chi connectivity index (χ1v) is 15.3. The van der Waals surface area contributed by atoms with E-state index in [1.807, 2.05) is 63.2 Å². The number of rotatable bonds is 8. The Morgan fingerprint density at radius 1 is 1.10 bits per heavy atom. The molecule has 216 valence electrons. The maximum absolute atomic E-state index is 13.7. The average molecular weight is 583 g/mol. The standard InChI is InChI=1S/C34H34N2O5S/c1-5-6-7-14-40-25-11-8-22(9-12-25)30-28(31(37)23-10-13-26-24(18-23)17-21(4)41-26)32(38)33(39)36(30)34-35-29-20(3)15-19(2)16-27(29)42-34/h8-13,15-16,18,21,30,37H,5-7,14,17H2,1-4H3/b31-28+/t21-,30+/m1/s1. The third-order valence-corrected chi connectivity index (χ3v) is 8.85. The van der Waals surface area contributed by atoms with E-state index < -0.39 is 17.7 Å². The number of Topliss-reactive ketones (excluding diaryl/α,β-unsaturated/α-hetero) is 1. The number of carbonyl (C=O) groups is 2. The highest BCUT2D eigenvalue weighted by Crippen LogP contribution is 2.45. The van der Waals surface area contributed by atoms with Gasteiger partial charge in [-0.05, 0) is 85.8 Å². The van der Waals surface area contributed by atoms with Crippen LogP contribution in [-0.4, -0.2) is 34.5 Å². The van der Waals surface area contributed by atoms with Crippen molar-refractivity contribution in [3.05, 3.63) is 88.0 Å². The van der Waals surface area contributed by atoms with Crippen LogP contribution in [0.1, 0.15) is 67.0 Å². The van der Waals surface area contributed by atoms with Crippen LogP contribution in [0.4, 0.5) is 5.13 Å². The second kappa shape index (κ2) is 11.2. The minimum atomic E-state index is -0.857. The molecule has 1 aromatic heterocycles. The molecule has 42 heavy (non-hydrogen) atoms. The monoisotopic (exact) mass is 582 g/mol. The van der Waals surface area contributed by atoms with E-state index in [0.29, 0.717) is 35.0 Å². The summed E-state index contributed by atoms with van der Waals surface area (Å²) in [7, 11) is 0. The summed E-state index contributed by atoms with van der Waals surface area (Å²) < 4.78 is 12.7. The molecule has 7 nitrogen and oxygen atoms in total. The number of aromatic nitrogens is 1. The Bertz CT molecular complexity index is 1720. The van der Waals surface area contributed by atoms with Gasteiger partial charge in [0.05, 0.1) is 28.4 Å². The SMILES string of the molecule is CCCCCOc1ccc([C@H]2/C(=C(\O)c3ccc4c(c3)C[C@@H](C)O4)C(=O)C(=O)N2c2nc3c(C)cc(C)cc3s2)cc1. The number of carbonyl (C=O) groups excluding carboxylic acids is 2. The van der Waals surface area contributed by atoms with E-state index in [-0.39, 0.29) is 17.4 Å². The number of ketones is 1. The van der Waals surface area contributed by atoms with Crippen LogP contribution >= 0.6 is 11.3 Å². The van der Waals surface area contributed by atoms with Gasteiger partial charge in [-0.1, -0.05) is 49.3 Å². The van der Waals surface area contributed by atoms with Crippen molar-refractivity contribution in [3.63, 3.8) is 0 Å². The molecule has 0 unspecified atom stereocenters. The summed E-state index contributed by atoms with van der Waals surface area (Å²) >= 11 is 1.37. The van der Waals surface area contributed by atoms with E-state index >= 15 is 0 Å². The summed E-state index contributed by atoms with van der Waals surface area (Å²) in [5.74, 6) is -0.185. The molecule has 1 fully saturated rings. The lowest BCUT2D eigenvalue weighted by Crippen LogP contribution is -2.29. The second-order valence-electron chi connectivity index (χ2n) is 11.2. The van der Waals surface area contributed by atoms with Gasteiger partial charge in [-0.25, -0.2) is 4.98 Å². The third-order valence-electron chi connectivity index (χ3n) is 7.85. The Kier molecular flexibility index (Phi) is 7.49. The lowest BCUT2D eigenvalue weighted by molar-refractivity contribution is -0.132. The summed E-state index contributed by atoms with van der Waals surface area (Å²) in [6.45, 7) is 8.77. The van der Waals surface area contributed by atoms with Crippen molar-refractivity contribution in [2.75, 3.05) is 11.5 Å². The summed E-state index contributed by atoms with van der Waals surface area (Å²) in [6.07, 6.45) is 3.93. The molecular formula is C34H34N2O5S. The normalized spacial score (nSPS) is 19.4. The average Bonchev–Trinajstić information content (AvgIpc) is 3.63. The van der Waals surface area contributed by atoms with Crippen LogP contribution in [0.5, 0.6) is 11.5 Å². The van der Waals surface area contributed by atoms with Gasteiger partial charge in [0.1, 0.15) is 23.4 Å². The fourth-order valence-corrected chi connectivity index (χ4v) is 6.99. The van der Waals surface area contributed by atoms with Gasteiger partial charge in [-0.2, -0.15) is 0 Å². The van der Waals surface area contributed by atoms with Gasteiger partial charge in [0.2, 0.25) is 0 Å². The van der Waals surface area contributed by atoms with E-state index in [1.165, 1.54) is 16.2 Å². The van der Waals surface area contributed by atoms with E-state index in [0.717, 1.165) is 51.9 Å². The number of aliphatic hydroxyl groups is 1. The Morgan fingerprint density at radius 3 is 2.64 bits per heavy atom. The number of thiazole rings is 1. The molecule has 0 aliphatic carbocycles. The summed E-state index contributed by atoms with van der Waals surface area (Å²) in [4.78, 5) is 33.7. The number of aryl methyl sites for hydroxylation is 2. The summed E-state index contributed by atoms with van der Waals surface area (Å²) in [5, 5.41) is 12.1. The molecular weight excluding hydrogens is 548 g/mol. The Morgan fingerprint density at radius 2 is 1.88 bits per heavy atom. The van der Waals surface area contributed by atoms with Gasteiger partial charge >= 0.3 is 5.91 Å². The summed E-state index contributed by atoms with van der Waals surface area (Å²) in [5.41, 5.74) is 5.04. The quantitative estimate of drug-likeness (QED) is 0.101. The molecule has 2 aliphatic rings. The van der Waals surface area contributed by atoms with Gasteiger partial charge < -0.3 is 14.6 Å². The zero-order chi connectivity index (χ0) is 29.5. The number of hydrogen-bond donors (Lipinski definition) is 1. The van der Waals surface area contributed by atoms with Crippen LogP contribution in [0.15, 0.2) is 60.2 Å². The predicted octanol–water partition coefficient (Wildman–Crippen LogP) is 7.43. The molecule has 6 rings (SSSR count). The van der Waals surface area contributed by atoms with E-state index in [4.69, 9.17) is 14.5 Å². The van der Waals surface area contributed by atoms with Gasteiger partial charge in [-0.3, -0.25) is 14.5 Å². The number of ether oxygens (including phenoxy) is 2. The van der Waals surface area contributed by atoms with E-state index in [2.05, 4.69) is 13.0 Å². The number of fused-ring (bicyclic) bond motifs is 2. The molecule has 0 saturated carbocycles. The van der Waals surface area contributed by atoms with Crippen LogP contribution in [0.25, 0.3) is 16.0 Å². The molecule has 2 atom stereocenters. The van der Waals surface area contributed by atoms with Gasteiger partial charge in [0, 0.05) is 12.0 Å². The zero-order valence-electron chi connectivity index (χ0n) is 24.3. The van der Waals surface area contributed by atoms with Crippen LogP contribution < -0.4 is 14.4 Å². The lowest BCUT2D eigenvalue weighted by Gasteiger charge is -2.23. The molecule has 1 amide bonds. The van der Waals surface area contributed by atoms with E-state index in [1.54, 1.807) is 6.07 Å². The topological polar surface area (TPSA) is 89.0 Å². The molecule has 3 heterocycles. The van der Waals surface area contributed by atoms with Crippen LogP contribution in [0.2, 0.25) is 0 Å². The number of benzene rings is 3. The molecule has 0 spiro atoms. The fourth-order valence-electron chi connectivity index (χ4n) is 5.82. The van der Waals surface area contributed by atoms with Crippen molar-refractivity contribution >= 4 is 44.1 Å². The molecule has 1 N–H and O–H groups in total. The largest absolute Gasteiger partial charge is 0.507 e. The molecule has 3 aromatic carbocycles. The number of amides is 1. The van der Waals surface area contributed by atoms with E-state index in [9.17, 15) is 14.7 Å². The first-order valence-electron chi connectivity index (χ1n) is 14.5. The highest BCUT2D eigenvalue weighted by atomic mass is 32.1. The third kappa shape index (κ3) is 5.04. The number of unbranched alkanes of at least 4 members (excludes halogenated alkanes) is 2.